The van der Waals surface area contributed by atoms with Crippen LogP contribution >= 0.6 is 12.2 Å². The topological polar surface area (TPSA) is 53.1 Å². The molecular formula is C16H21N3OS. The predicted molar refractivity (Wildman–Crippen MR) is 88.5 cm³/mol. The highest BCUT2D eigenvalue weighted by molar-refractivity contribution is 7.80. The fraction of sp³-hybridized carbons (Fsp3) is 0.500. The number of hydrogen-bond donors (Lipinski definition) is 1. The summed E-state index contributed by atoms with van der Waals surface area (Å²) >= 11 is 5.09. The summed E-state index contributed by atoms with van der Waals surface area (Å²) in [7, 11) is 1.80. The Hall–Kier alpha value is -1.46. The number of imidazole rings is 1. The summed E-state index contributed by atoms with van der Waals surface area (Å²) in [4.78, 5) is 5.22. The number of aromatic nitrogens is 2. The second-order valence-corrected chi connectivity index (χ2v) is 6.23. The van der Waals surface area contributed by atoms with Crippen molar-refractivity contribution in [1.29, 1.82) is 0 Å². The lowest BCUT2D eigenvalue weighted by atomic mass is 9.92. The number of benzene rings is 1. The van der Waals surface area contributed by atoms with Crippen LogP contribution in [0.1, 0.15) is 37.5 Å². The smallest absolute Gasteiger partial charge is 0.116 e. The number of hydrogen-bond acceptors (Lipinski definition) is 3. The molecule has 0 saturated heterocycles. The second-order valence-electron chi connectivity index (χ2n) is 5.71. The first-order chi connectivity index (χ1) is 10.2. The van der Waals surface area contributed by atoms with E-state index in [1.165, 1.54) is 11.9 Å². The van der Waals surface area contributed by atoms with Crippen molar-refractivity contribution in [2.24, 2.45) is 5.73 Å². The molecule has 0 radical (unpaired) electrons. The summed E-state index contributed by atoms with van der Waals surface area (Å²) in [6, 6.07) is 8.67. The van der Waals surface area contributed by atoms with E-state index in [0.717, 1.165) is 30.6 Å². The van der Waals surface area contributed by atoms with Gasteiger partial charge in [0.1, 0.15) is 5.82 Å². The van der Waals surface area contributed by atoms with Crippen molar-refractivity contribution in [1.82, 2.24) is 9.55 Å². The van der Waals surface area contributed by atoms with Crippen molar-refractivity contribution >= 4 is 28.2 Å². The van der Waals surface area contributed by atoms with Crippen molar-refractivity contribution in [3.63, 3.8) is 0 Å². The van der Waals surface area contributed by atoms with Gasteiger partial charge in [0.25, 0.3) is 0 Å². The highest BCUT2D eigenvalue weighted by Crippen LogP contribution is 2.33. The lowest BCUT2D eigenvalue weighted by Crippen LogP contribution is -2.26. The first kappa shape index (κ1) is 14.5. The van der Waals surface area contributed by atoms with E-state index in [1.807, 2.05) is 12.1 Å². The summed E-state index contributed by atoms with van der Waals surface area (Å²) < 4.78 is 7.90. The molecule has 112 valence electrons. The Kier molecular flexibility index (Phi) is 4.22. The van der Waals surface area contributed by atoms with Gasteiger partial charge in [0.05, 0.1) is 28.5 Å². The van der Waals surface area contributed by atoms with Crippen molar-refractivity contribution in [3.8, 4) is 0 Å². The highest BCUT2D eigenvalue weighted by Gasteiger charge is 2.26. The number of methoxy groups -OCH3 is 1. The number of ether oxygens (including phenoxy) is 1. The van der Waals surface area contributed by atoms with Gasteiger partial charge in [-0.1, -0.05) is 24.4 Å². The summed E-state index contributed by atoms with van der Waals surface area (Å²) in [5.74, 6) is 0.977. The molecule has 4 nitrogen and oxygen atoms in total. The molecule has 0 bridgehead atoms. The van der Waals surface area contributed by atoms with Gasteiger partial charge < -0.3 is 15.0 Å². The largest absolute Gasteiger partial charge is 0.393 e. The molecule has 1 heterocycles. The lowest BCUT2D eigenvalue weighted by Gasteiger charge is -2.30. The van der Waals surface area contributed by atoms with Crippen LogP contribution in [0, 0.1) is 0 Å². The van der Waals surface area contributed by atoms with Gasteiger partial charge in [-0.25, -0.2) is 4.98 Å². The van der Waals surface area contributed by atoms with Crippen molar-refractivity contribution < 1.29 is 4.74 Å². The third-order valence-corrected chi connectivity index (χ3v) is 4.44. The molecule has 3 rings (SSSR count). The molecule has 2 aromatic rings. The SMILES string of the molecule is COC1CCCC(n2c(CC(N)=S)nc3ccccc32)C1. The average molecular weight is 303 g/mol. The minimum atomic E-state index is 0.336. The molecule has 1 aliphatic carbocycles. The molecule has 21 heavy (non-hydrogen) atoms. The Balaban J connectivity index is 2.03. The summed E-state index contributed by atoms with van der Waals surface area (Å²) in [5.41, 5.74) is 7.94. The average Bonchev–Trinajstić information content (AvgIpc) is 2.84. The molecule has 0 spiro atoms. The van der Waals surface area contributed by atoms with E-state index in [-0.39, 0.29) is 0 Å². The van der Waals surface area contributed by atoms with Crippen LogP contribution in [0.3, 0.4) is 0 Å². The van der Waals surface area contributed by atoms with Gasteiger partial charge in [-0.2, -0.15) is 0 Å². The van der Waals surface area contributed by atoms with E-state index in [0.29, 0.717) is 23.6 Å². The minimum Gasteiger partial charge on any atom is -0.393 e. The summed E-state index contributed by atoms with van der Waals surface area (Å²) in [6.45, 7) is 0. The van der Waals surface area contributed by atoms with Gasteiger partial charge in [0.15, 0.2) is 0 Å². The third-order valence-electron chi connectivity index (χ3n) is 4.30. The first-order valence-electron chi connectivity index (χ1n) is 7.46. The quantitative estimate of drug-likeness (QED) is 0.882. The molecule has 0 amide bonds. The molecule has 0 aliphatic heterocycles. The molecule has 2 N–H and O–H groups in total. The molecule has 1 saturated carbocycles. The van der Waals surface area contributed by atoms with Crippen LogP contribution in [0.15, 0.2) is 24.3 Å². The van der Waals surface area contributed by atoms with Crippen LogP contribution in [0.25, 0.3) is 11.0 Å². The maximum Gasteiger partial charge on any atom is 0.116 e. The van der Waals surface area contributed by atoms with Crippen LogP contribution in [0.5, 0.6) is 0 Å². The highest BCUT2D eigenvalue weighted by atomic mass is 32.1. The Labute approximate surface area is 130 Å². The second kappa shape index (κ2) is 6.12. The van der Waals surface area contributed by atoms with Crippen LogP contribution in [0.2, 0.25) is 0 Å². The third kappa shape index (κ3) is 2.94. The van der Waals surface area contributed by atoms with Gasteiger partial charge in [0.2, 0.25) is 0 Å². The van der Waals surface area contributed by atoms with Gasteiger partial charge in [-0.15, -0.1) is 0 Å². The molecule has 1 fully saturated rings. The zero-order valence-electron chi connectivity index (χ0n) is 12.3. The van der Waals surface area contributed by atoms with Gasteiger partial charge in [-0.3, -0.25) is 0 Å². The number of thiocarbonyl (C=S) groups is 1. The molecule has 1 aromatic heterocycles. The standard InChI is InChI=1S/C16H21N3OS/c1-20-12-6-4-5-11(9-12)19-14-8-3-2-7-13(14)18-16(19)10-15(17)21/h2-3,7-8,11-12H,4-6,9-10H2,1H3,(H2,17,21). The molecule has 5 heteroatoms. The van der Waals surface area contributed by atoms with Gasteiger partial charge >= 0.3 is 0 Å². The van der Waals surface area contributed by atoms with Crippen LogP contribution in [-0.2, 0) is 11.2 Å². The number of nitrogens with two attached hydrogens (primary N) is 1. The van der Waals surface area contributed by atoms with E-state index in [1.54, 1.807) is 7.11 Å². The van der Waals surface area contributed by atoms with Crippen molar-refractivity contribution in [2.75, 3.05) is 7.11 Å². The Bertz CT molecular complexity index is 652. The molecule has 1 aliphatic rings. The van der Waals surface area contributed by atoms with Crippen molar-refractivity contribution in [3.05, 3.63) is 30.1 Å². The summed E-state index contributed by atoms with van der Waals surface area (Å²) in [5, 5.41) is 0. The maximum atomic E-state index is 5.75. The number of para-hydroxylation sites is 2. The predicted octanol–water partition coefficient (Wildman–Crippen LogP) is 3.00. The maximum absolute atomic E-state index is 5.75. The molecule has 1 aromatic carbocycles. The minimum absolute atomic E-state index is 0.336. The number of fused-ring (bicyclic) bond motifs is 1. The zero-order valence-corrected chi connectivity index (χ0v) is 13.1. The van der Waals surface area contributed by atoms with Crippen LogP contribution in [-0.4, -0.2) is 27.8 Å². The Morgan fingerprint density at radius 3 is 3.00 bits per heavy atom. The van der Waals surface area contributed by atoms with E-state index >= 15 is 0 Å². The number of nitrogens with zero attached hydrogens (tertiary/aromatic N) is 2. The fourth-order valence-corrected chi connectivity index (χ4v) is 3.48. The van der Waals surface area contributed by atoms with Crippen molar-refractivity contribution in [2.45, 2.75) is 44.2 Å². The zero-order chi connectivity index (χ0) is 14.8. The lowest BCUT2D eigenvalue weighted by molar-refractivity contribution is 0.0533. The van der Waals surface area contributed by atoms with Gasteiger partial charge in [0, 0.05) is 13.2 Å². The Morgan fingerprint density at radius 2 is 2.24 bits per heavy atom. The molecular weight excluding hydrogens is 282 g/mol. The molecule has 2 atom stereocenters. The van der Waals surface area contributed by atoms with E-state index in [9.17, 15) is 0 Å². The Morgan fingerprint density at radius 1 is 1.43 bits per heavy atom. The fourth-order valence-electron chi connectivity index (χ4n) is 3.35. The van der Waals surface area contributed by atoms with E-state index in [4.69, 9.17) is 27.7 Å². The number of rotatable bonds is 4. The van der Waals surface area contributed by atoms with E-state index < -0.39 is 0 Å². The van der Waals surface area contributed by atoms with Gasteiger partial charge in [-0.05, 0) is 37.8 Å². The first-order valence-corrected chi connectivity index (χ1v) is 7.87. The molecule has 2 unspecified atom stereocenters. The normalized spacial score (nSPS) is 22.5. The van der Waals surface area contributed by atoms with Crippen LogP contribution in [0.4, 0.5) is 0 Å². The van der Waals surface area contributed by atoms with E-state index in [2.05, 4.69) is 16.7 Å². The summed E-state index contributed by atoms with van der Waals surface area (Å²) in [6.07, 6.45) is 5.40. The monoisotopic (exact) mass is 303 g/mol. The van der Waals surface area contributed by atoms with Crippen LogP contribution < -0.4 is 5.73 Å².